The van der Waals surface area contributed by atoms with Crippen molar-refractivity contribution in [3.8, 4) is 22.5 Å². The summed E-state index contributed by atoms with van der Waals surface area (Å²) >= 11 is 1.50. The highest BCUT2D eigenvalue weighted by Crippen LogP contribution is 2.48. The number of cyclic esters (lactones) is 1. The average molecular weight is 873 g/mol. The molecule has 14 nitrogen and oxygen atoms in total. The van der Waals surface area contributed by atoms with Gasteiger partial charge in [0, 0.05) is 85.3 Å². The van der Waals surface area contributed by atoms with Gasteiger partial charge in [0.1, 0.15) is 12.1 Å². The first-order chi connectivity index (χ1) is 30.5. The fourth-order valence-electron chi connectivity index (χ4n) is 10.0. The Bertz CT molecular complexity index is 2550. The van der Waals surface area contributed by atoms with Crippen LogP contribution in [0.4, 0.5) is 5.69 Å². The van der Waals surface area contributed by atoms with Gasteiger partial charge in [-0.25, -0.2) is 10.4 Å². The zero-order chi connectivity index (χ0) is 43.4. The fourth-order valence-corrected chi connectivity index (χ4v) is 10.9. The predicted molar refractivity (Wildman–Crippen MR) is 240 cm³/mol. The van der Waals surface area contributed by atoms with Crippen LogP contribution in [-0.4, -0.2) is 101 Å². The predicted octanol–water partition coefficient (Wildman–Crippen LogP) is 6.16. The Morgan fingerprint density at radius 2 is 1.95 bits per heavy atom. The van der Waals surface area contributed by atoms with Crippen LogP contribution in [0.15, 0.2) is 54.3 Å². The van der Waals surface area contributed by atoms with Gasteiger partial charge >= 0.3 is 5.97 Å². The molecule has 15 heteroatoms. The maximum atomic E-state index is 14.4. The minimum absolute atomic E-state index is 0.0622. The van der Waals surface area contributed by atoms with E-state index in [4.69, 9.17) is 24.2 Å². The molecule has 10 rings (SSSR count). The summed E-state index contributed by atoms with van der Waals surface area (Å²) < 4.78 is 20.4. The van der Waals surface area contributed by atoms with Crippen molar-refractivity contribution in [3.63, 3.8) is 0 Å². The Kier molecular flexibility index (Phi) is 11.3. The number of pyridine rings is 2. The number of hydrogen-bond acceptors (Lipinski definition) is 12. The average Bonchev–Trinajstić information content (AvgIpc) is 3.89. The molecule has 330 valence electrons. The number of esters is 1. The zero-order valence-electron chi connectivity index (χ0n) is 36.5. The van der Waals surface area contributed by atoms with Crippen LogP contribution in [0.1, 0.15) is 85.9 Å². The molecule has 2 amide bonds. The Morgan fingerprint density at radius 1 is 1.10 bits per heavy atom. The summed E-state index contributed by atoms with van der Waals surface area (Å²) in [6.07, 6.45) is 9.82. The SMILES string of the molecule is CO[C@@H](C)c1ncc(N2CCOCC2)cc1-c1c2c3cc(cc4c3n1CCC4)-c1csc(n1)C[C@H](NC(=O)[C@H]1C[C@@H]1c1cccnc1)C(=O)N1CCC[C@H](N1)C(=O)OCC(C)(C)C2. The third-order valence-corrected chi connectivity index (χ3v) is 14.4. The number of thiazole rings is 1. The van der Waals surface area contributed by atoms with Gasteiger partial charge in [0.25, 0.3) is 5.91 Å². The van der Waals surface area contributed by atoms with E-state index in [0.29, 0.717) is 45.4 Å². The Morgan fingerprint density at radius 3 is 2.76 bits per heavy atom. The molecule has 4 aliphatic heterocycles. The van der Waals surface area contributed by atoms with Crippen LogP contribution in [0.3, 0.4) is 0 Å². The number of morpholine rings is 1. The van der Waals surface area contributed by atoms with Gasteiger partial charge in [-0.05, 0) is 92.3 Å². The molecule has 0 radical (unpaired) electrons. The fraction of sp³-hybridized carbons (Fsp3) is 0.500. The van der Waals surface area contributed by atoms with Gasteiger partial charge in [-0.1, -0.05) is 19.9 Å². The van der Waals surface area contributed by atoms with Gasteiger partial charge < -0.3 is 29.0 Å². The molecule has 1 aliphatic carbocycles. The number of nitrogens with one attached hydrogen (secondary N) is 2. The number of hydrazine groups is 1. The topological polar surface area (TPSA) is 153 Å². The van der Waals surface area contributed by atoms with Crippen LogP contribution >= 0.6 is 11.3 Å². The van der Waals surface area contributed by atoms with Crippen molar-refractivity contribution in [2.45, 2.75) is 96.4 Å². The summed E-state index contributed by atoms with van der Waals surface area (Å²) in [5.74, 6) is -1.04. The summed E-state index contributed by atoms with van der Waals surface area (Å²) in [6.45, 7) is 10.7. The van der Waals surface area contributed by atoms with Crippen molar-refractivity contribution in [1.29, 1.82) is 0 Å². The number of amides is 2. The summed E-state index contributed by atoms with van der Waals surface area (Å²) in [7, 11) is 1.73. The number of aryl methyl sites for hydroxylation is 2. The van der Waals surface area contributed by atoms with E-state index in [9.17, 15) is 14.4 Å². The Labute approximate surface area is 371 Å². The summed E-state index contributed by atoms with van der Waals surface area (Å²) in [4.78, 5) is 59.1. The lowest BCUT2D eigenvalue weighted by Gasteiger charge is -2.35. The minimum Gasteiger partial charge on any atom is -0.464 e. The highest BCUT2D eigenvalue weighted by molar-refractivity contribution is 7.10. The van der Waals surface area contributed by atoms with Crippen LogP contribution in [0, 0.1) is 11.3 Å². The monoisotopic (exact) mass is 872 g/mol. The van der Waals surface area contributed by atoms with Gasteiger partial charge in [0.05, 0.1) is 65.4 Å². The molecule has 63 heavy (non-hydrogen) atoms. The van der Waals surface area contributed by atoms with Crippen LogP contribution in [-0.2, 0) is 54.4 Å². The Balaban J connectivity index is 1.08. The molecule has 5 aromatic rings. The number of anilines is 1. The van der Waals surface area contributed by atoms with E-state index in [-0.39, 0.29) is 42.8 Å². The number of fused-ring (bicyclic) bond motifs is 6. The summed E-state index contributed by atoms with van der Waals surface area (Å²) in [6, 6.07) is 9.13. The Hall–Kier alpha value is -5.22. The lowest BCUT2D eigenvalue weighted by atomic mass is 9.84. The molecule has 1 aromatic carbocycles. The number of ether oxygens (including phenoxy) is 3. The second-order valence-electron chi connectivity index (χ2n) is 18.6. The summed E-state index contributed by atoms with van der Waals surface area (Å²) in [5.41, 5.74) is 13.3. The smallest absolute Gasteiger partial charge is 0.324 e. The molecular weight excluding hydrogens is 817 g/mol. The van der Waals surface area contributed by atoms with E-state index in [1.807, 2.05) is 18.3 Å². The van der Waals surface area contributed by atoms with Crippen LogP contribution in [0.5, 0.6) is 0 Å². The zero-order valence-corrected chi connectivity index (χ0v) is 37.3. The molecule has 2 N–H and O–H groups in total. The van der Waals surface area contributed by atoms with Gasteiger partial charge in [-0.15, -0.1) is 11.3 Å². The number of carbonyl (C=O) groups excluding carboxylic acids is 3. The maximum Gasteiger partial charge on any atom is 0.324 e. The quantitative estimate of drug-likeness (QED) is 0.181. The highest BCUT2D eigenvalue weighted by atomic mass is 32.1. The van der Waals surface area contributed by atoms with Crippen molar-refractivity contribution in [1.82, 2.24) is 35.3 Å². The van der Waals surface area contributed by atoms with Gasteiger partial charge in [0.2, 0.25) is 5.91 Å². The van der Waals surface area contributed by atoms with Crippen molar-refractivity contribution >= 4 is 45.7 Å². The number of hydrogen-bond donors (Lipinski definition) is 2. The van der Waals surface area contributed by atoms with Crippen molar-refractivity contribution in [2.75, 3.05) is 51.5 Å². The first-order valence-corrected chi connectivity index (χ1v) is 23.4. The molecule has 8 heterocycles. The van der Waals surface area contributed by atoms with Crippen LogP contribution in [0.2, 0.25) is 0 Å². The molecule has 5 aliphatic rings. The third kappa shape index (κ3) is 8.24. The lowest BCUT2D eigenvalue weighted by Crippen LogP contribution is -2.60. The first kappa shape index (κ1) is 41.8. The van der Waals surface area contributed by atoms with E-state index in [1.165, 1.54) is 33.0 Å². The largest absolute Gasteiger partial charge is 0.464 e. The van der Waals surface area contributed by atoms with Gasteiger partial charge in [0.15, 0.2) is 0 Å². The number of benzene rings is 1. The summed E-state index contributed by atoms with van der Waals surface area (Å²) in [5, 5.41) is 8.59. The number of aromatic nitrogens is 4. The van der Waals surface area contributed by atoms with Crippen LogP contribution in [0.25, 0.3) is 33.4 Å². The molecular formula is C48H56N8O6S. The number of nitrogens with zero attached hydrogens (tertiary/aromatic N) is 6. The number of carbonyl (C=O) groups is 3. The van der Waals surface area contributed by atoms with E-state index >= 15 is 0 Å². The number of methoxy groups -OCH3 is 1. The second kappa shape index (κ2) is 17.1. The highest BCUT2D eigenvalue weighted by Gasteiger charge is 2.46. The molecule has 4 aromatic heterocycles. The minimum atomic E-state index is -0.885. The maximum absolute atomic E-state index is 14.4. The molecule has 6 bridgehead atoms. The molecule has 0 spiro atoms. The first-order valence-electron chi connectivity index (χ1n) is 22.5. The normalized spacial score (nSPS) is 24.1. The van der Waals surface area contributed by atoms with E-state index in [1.54, 1.807) is 19.5 Å². The van der Waals surface area contributed by atoms with Gasteiger partial charge in [-0.3, -0.25) is 29.4 Å². The molecule has 3 fully saturated rings. The lowest BCUT2D eigenvalue weighted by molar-refractivity contribution is -0.155. The van der Waals surface area contributed by atoms with E-state index in [2.05, 4.69) is 69.5 Å². The van der Waals surface area contributed by atoms with Crippen LogP contribution < -0.4 is 15.6 Å². The molecule has 0 unspecified atom stereocenters. The van der Waals surface area contributed by atoms with Crippen molar-refractivity contribution in [2.24, 2.45) is 11.3 Å². The van der Waals surface area contributed by atoms with Crippen molar-refractivity contribution < 1.29 is 28.6 Å². The van der Waals surface area contributed by atoms with E-state index < -0.39 is 23.5 Å². The molecule has 5 atom stereocenters. The standard InChI is InChI=1S/C48H56N8O6S/c1-28(60-4)42-36(20-32(25-50-42)54-14-16-61-17-15-54)44-37-23-48(2,3)27-62-47(59)38-10-7-13-56(53-38)46(58)39(52-45(57)35-21-33(35)30-8-5-11-49-24-30)22-41-51-40(26-63-41)31-18-29-9-6-12-55(44)43(29)34(37)19-31/h5,8,11,18-20,24-26,28,33,35,38-39,53H,6-7,9-10,12-17,21-23,27H2,1-4H3,(H,52,57)/t28-,33+,35-,38-,39-/m0/s1. The third-order valence-electron chi connectivity index (χ3n) is 13.5. The number of rotatable bonds is 7. The van der Waals surface area contributed by atoms with Gasteiger partial charge in [-0.2, -0.15) is 0 Å². The molecule has 1 saturated carbocycles. The molecule has 2 saturated heterocycles. The second-order valence-corrected chi connectivity index (χ2v) is 19.5. The van der Waals surface area contributed by atoms with E-state index in [0.717, 1.165) is 82.3 Å². The van der Waals surface area contributed by atoms with Crippen molar-refractivity contribution in [3.05, 3.63) is 81.7 Å².